The van der Waals surface area contributed by atoms with Gasteiger partial charge in [-0.2, -0.15) is 0 Å². The fourth-order valence-corrected chi connectivity index (χ4v) is 5.63. The summed E-state index contributed by atoms with van der Waals surface area (Å²) >= 11 is 6.60. The van der Waals surface area contributed by atoms with E-state index in [-0.39, 0.29) is 36.4 Å². The highest BCUT2D eigenvalue weighted by Gasteiger charge is 2.45. The van der Waals surface area contributed by atoms with E-state index in [0.29, 0.717) is 10.6 Å². The first-order valence-electron chi connectivity index (χ1n) is 13.2. The van der Waals surface area contributed by atoms with Crippen molar-refractivity contribution in [3.05, 3.63) is 83.4 Å². The molecule has 202 valence electrons. The van der Waals surface area contributed by atoms with E-state index in [1.54, 1.807) is 36.4 Å². The number of nitrogens with one attached hydrogen (secondary N) is 1. The van der Waals surface area contributed by atoms with Gasteiger partial charge in [-0.15, -0.1) is 0 Å². The molecule has 1 N–H and O–H groups in total. The van der Waals surface area contributed by atoms with Crippen molar-refractivity contribution in [3.63, 3.8) is 0 Å². The number of benzene rings is 2. The highest BCUT2D eigenvalue weighted by molar-refractivity contribution is 6.31. The van der Waals surface area contributed by atoms with E-state index >= 15 is 0 Å². The third-order valence-corrected chi connectivity index (χ3v) is 7.59. The number of amides is 3. The summed E-state index contributed by atoms with van der Waals surface area (Å²) in [6, 6.07) is 11.7. The fourth-order valence-electron chi connectivity index (χ4n) is 5.40. The van der Waals surface area contributed by atoms with Crippen LogP contribution in [0.1, 0.15) is 56.6 Å². The summed E-state index contributed by atoms with van der Waals surface area (Å²) in [5.41, 5.74) is 0.578. The average Bonchev–Trinajstić information content (AvgIpc) is 3.34. The fraction of sp³-hybridized carbons (Fsp3) is 0.345. The Kier molecular flexibility index (Phi) is 8.16. The van der Waals surface area contributed by atoms with Crippen LogP contribution in [0.2, 0.25) is 5.02 Å². The first-order chi connectivity index (χ1) is 18.9. The van der Waals surface area contributed by atoms with Gasteiger partial charge in [0.1, 0.15) is 17.9 Å². The number of rotatable bonds is 7. The van der Waals surface area contributed by atoms with Gasteiger partial charge in [-0.25, -0.2) is 14.4 Å². The average molecular weight is 550 g/mol. The van der Waals surface area contributed by atoms with Crippen LogP contribution < -0.4 is 15.1 Å². The van der Waals surface area contributed by atoms with Crippen LogP contribution in [0.5, 0.6) is 0 Å². The number of hydrogen-bond acceptors (Lipinski definition) is 5. The number of halogens is 2. The molecule has 2 aliphatic rings. The highest BCUT2D eigenvalue weighted by atomic mass is 35.5. The smallest absolute Gasteiger partial charge is 0.251 e. The molecule has 1 aliphatic heterocycles. The first-order valence-corrected chi connectivity index (χ1v) is 13.5. The van der Waals surface area contributed by atoms with E-state index in [1.807, 2.05) is 0 Å². The Morgan fingerprint density at radius 1 is 1.00 bits per heavy atom. The van der Waals surface area contributed by atoms with Crippen LogP contribution in [0.25, 0.3) is 0 Å². The van der Waals surface area contributed by atoms with Gasteiger partial charge in [-0.1, -0.05) is 55.1 Å². The molecule has 0 bridgehead atoms. The molecule has 1 saturated heterocycles. The first kappa shape index (κ1) is 26.7. The van der Waals surface area contributed by atoms with Gasteiger partial charge in [-0.3, -0.25) is 24.2 Å². The predicted octanol–water partition coefficient (Wildman–Crippen LogP) is 4.99. The van der Waals surface area contributed by atoms with E-state index < -0.39 is 29.7 Å². The lowest BCUT2D eigenvalue weighted by atomic mass is 9.94. The predicted molar refractivity (Wildman–Crippen MR) is 146 cm³/mol. The molecule has 2 heterocycles. The van der Waals surface area contributed by atoms with Crippen molar-refractivity contribution in [1.82, 2.24) is 15.3 Å². The van der Waals surface area contributed by atoms with E-state index in [2.05, 4.69) is 15.3 Å². The number of hydrogen-bond donors (Lipinski definition) is 1. The van der Waals surface area contributed by atoms with Crippen molar-refractivity contribution in [2.45, 2.75) is 63.1 Å². The Bertz CT molecular complexity index is 1350. The number of carbonyl (C=O) groups excluding carboxylic acids is 3. The van der Waals surface area contributed by atoms with E-state index in [0.717, 1.165) is 32.1 Å². The minimum atomic E-state index is -1.20. The Morgan fingerprint density at radius 3 is 2.46 bits per heavy atom. The molecule has 2 fully saturated rings. The maximum atomic E-state index is 14.5. The van der Waals surface area contributed by atoms with Crippen molar-refractivity contribution in [2.24, 2.45) is 0 Å². The monoisotopic (exact) mass is 549 g/mol. The zero-order chi connectivity index (χ0) is 27.4. The van der Waals surface area contributed by atoms with Crippen LogP contribution >= 0.6 is 11.6 Å². The Balaban J connectivity index is 1.61. The van der Waals surface area contributed by atoms with E-state index in [4.69, 9.17) is 11.6 Å². The summed E-state index contributed by atoms with van der Waals surface area (Å²) < 4.78 is 14.5. The summed E-state index contributed by atoms with van der Waals surface area (Å²) in [4.78, 5) is 52.3. The second-order valence-corrected chi connectivity index (χ2v) is 10.2. The molecule has 39 heavy (non-hydrogen) atoms. The lowest BCUT2D eigenvalue weighted by molar-refractivity contribution is -0.128. The van der Waals surface area contributed by atoms with Gasteiger partial charge in [0.2, 0.25) is 17.8 Å². The molecule has 2 aromatic carbocycles. The molecule has 2 atom stereocenters. The maximum absolute atomic E-state index is 14.5. The molecule has 1 saturated carbocycles. The second kappa shape index (κ2) is 11.9. The molecular formula is C29H29ClFN5O3. The highest BCUT2D eigenvalue weighted by Crippen LogP contribution is 2.36. The number of anilines is 2. The van der Waals surface area contributed by atoms with E-state index in [9.17, 15) is 18.8 Å². The largest absolute Gasteiger partial charge is 0.351 e. The van der Waals surface area contributed by atoms with Crippen LogP contribution in [0.15, 0.2) is 67.0 Å². The van der Waals surface area contributed by atoms with Gasteiger partial charge in [0.15, 0.2) is 0 Å². The molecule has 1 aliphatic carbocycles. The third kappa shape index (κ3) is 5.78. The van der Waals surface area contributed by atoms with Crippen molar-refractivity contribution < 1.29 is 18.8 Å². The SMILES string of the molecule is O=C(NC1CCCCC1)[C@H](c1ccccc1Cl)N(C(=O)[C@@H]1CCC(=O)N1c1ncccn1)c1cccc(F)c1. The minimum absolute atomic E-state index is 0.0389. The minimum Gasteiger partial charge on any atom is -0.351 e. The van der Waals surface area contributed by atoms with Crippen molar-refractivity contribution in [3.8, 4) is 0 Å². The van der Waals surface area contributed by atoms with Gasteiger partial charge in [0.25, 0.3) is 5.91 Å². The maximum Gasteiger partial charge on any atom is 0.251 e. The molecule has 1 aromatic heterocycles. The van der Waals surface area contributed by atoms with Gasteiger partial charge < -0.3 is 5.32 Å². The Morgan fingerprint density at radius 2 is 1.74 bits per heavy atom. The zero-order valence-electron chi connectivity index (χ0n) is 21.3. The lowest BCUT2D eigenvalue weighted by Crippen LogP contribution is -2.53. The quantitative estimate of drug-likeness (QED) is 0.448. The standard InChI is InChI=1S/C29H29ClFN5O3/c30-23-13-5-4-12-22(23)26(27(38)34-20-9-2-1-3-10-20)35(21-11-6-8-19(31)18-21)28(39)24-14-15-25(37)36(24)29-32-16-7-17-33-29/h4-8,11-13,16-18,20,24,26H,1-3,9-10,14-15H2,(H,34,38)/t24-,26-/m0/s1. The van der Waals surface area contributed by atoms with Crippen LogP contribution in [-0.4, -0.2) is 39.8 Å². The summed E-state index contributed by atoms with van der Waals surface area (Å²) in [5.74, 6) is -1.75. The van der Waals surface area contributed by atoms with Crippen molar-refractivity contribution >= 4 is 41.0 Å². The van der Waals surface area contributed by atoms with Gasteiger partial charge in [0.05, 0.1) is 0 Å². The number of aromatic nitrogens is 2. The normalized spacial score (nSPS) is 18.6. The third-order valence-electron chi connectivity index (χ3n) is 7.25. The van der Waals surface area contributed by atoms with Crippen molar-refractivity contribution in [2.75, 3.05) is 9.80 Å². The summed E-state index contributed by atoms with van der Waals surface area (Å²) in [6.07, 6.45) is 8.08. The van der Waals surface area contributed by atoms with Crippen LogP contribution in [0.4, 0.5) is 16.0 Å². The molecule has 3 aromatic rings. The van der Waals surface area contributed by atoms with E-state index in [1.165, 1.54) is 40.4 Å². The molecule has 10 heteroatoms. The Hall–Kier alpha value is -3.85. The molecule has 0 radical (unpaired) electrons. The van der Waals surface area contributed by atoms with Gasteiger partial charge in [0, 0.05) is 41.1 Å². The molecule has 8 nitrogen and oxygen atoms in total. The number of nitrogens with zero attached hydrogens (tertiary/aromatic N) is 4. The van der Waals surface area contributed by atoms with Crippen molar-refractivity contribution in [1.29, 1.82) is 0 Å². The van der Waals surface area contributed by atoms with Gasteiger partial charge >= 0.3 is 0 Å². The summed E-state index contributed by atoms with van der Waals surface area (Å²) in [5, 5.41) is 3.41. The Labute approximate surface area is 231 Å². The summed E-state index contributed by atoms with van der Waals surface area (Å²) in [7, 11) is 0. The van der Waals surface area contributed by atoms with Crippen LogP contribution in [0, 0.1) is 5.82 Å². The zero-order valence-corrected chi connectivity index (χ0v) is 22.1. The molecule has 5 rings (SSSR count). The topological polar surface area (TPSA) is 95.5 Å². The van der Waals surface area contributed by atoms with Crippen LogP contribution in [-0.2, 0) is 14.4 Å². The van der Waals surface area contributed by atoms with Crippen LogP contribution in [0.3, 0.4) is 0 Å². The second-order valence-electron chi connectivity index (χ2n) is 9.82. The molecular weight excluding hydrogens is 521 g/mol. The molecule has 3 amide bonds. The molecule has 0 unspecified atom stereocenters. The lowest BCUT2D eigenvalue weighted by Gasteiger charge is -2.36. The number of carbonyl (C=O) groups is 3. The van der Waals surface area contributed by atoms with Gasteiger partial charge in [-0.05, 0) is 49.6 Å². The summed E-state index contributed by atoms with van der Waals surface area (Å²) in [6.45, 7) is 0. The molecule has 0 spiro atoms.